The minimum absolute atomic E-state index is 0.116. The van der Waals surface area contributed by atoms with E-state index in [1.807, 2.05) is 16.9 Å². The molecule has 0 aliphatic heterocycles. The first-order valence-electron chi connectivity index (χ1n) is 7.49. The highest BCUT2D eigenvalue weighted by Gasteiger charge is 2.07. The first-order chi connectivity index (χ1) is 10.1. The molecule has 2 rings (SSSR count). The minimum Gasteiger partial charge on any atom is -0.384 e. The summed E-state index contributed by atoms with van der Waals surface area (Å²) in [6.45, 7) is 7.56. The largest absolute Gasteiger partial charge is 0.384 e. The second-order valence-corrected chi connectivity index (χ2v) is 5.21. The van der Waals surface area contributed by atoms with Crippen LogP contribution in [0.1, 0.15) is 45.3 Å². The van der Waals surface area contributed by atoms with Gasteiger partial charge in [-0.2, -0.15) is 10.2 Å². The number of rotatable bonds is 7. The van der Waals surface area contributed by atoms with Crippen molar-refractivity contribution in [3.05, 3.63) is 40.6 Å². The molecule has 0 aromatic carbocycles. The molecule has 2 aromatic rings. The molecule has 6 nitrogen and oxygen atoms in total. The van der Waals surface area contributed by atoms with Gasteiger partial charge in [-0.1, -0.05) is 13.8 Å². The van der Waals surface area contributed by atoms with Gasteiger partial charge in [-0.15, -0.1) is 0 Å². The Bertz CT molecular complexity index is 631. The lowest BCUT2D eigenvalue weighted by Gasteiger charge is -2.08. The second-order valence-electron chi connectivity index (χ2n) is 5.21. The van der Waals surface area contributed by atoms with Gasteiger partial charge in [0.1, 0.15) is 0 Å². The first-order valence-corrected chi connectivity index (χ1v) is 7.49. The Balaban J connectivity index is 2.09. The Morgan fingerprint density at radius 3 is 2.86 bits per heavy atom. The van der Waals surface area contributed by atoms with E-state index in [0.717, 1.165) is 30.8 Å². The van der Waals surface area contributed by atoms with Crippen molar-refractivity contribution in [2.45, 2.75) is 46.2 Å². The van der Waals surface area contributed by atoms with Crippen LogP contribution in [0.4, 0.5) is 5.69 Å². The van der Waals surface area contributed by atoms with E-state index in [4.69, 9.17) is 0 Å². The highest BCUT2D eigenvalue weighted by molar-refractivity contribution is 5.38. The van der Waals surface area contributed by atoms with Crippen LogP contribution in [0.15, 0.2) is 29.3 Å². The van der Waals surface area contributed by atoms with Gasteiger partial charge in [0.2, 0.25) is 0 Å². The minimum atomic E-state index is -0.116. The van der Waals surface area contributed by atoms with Crippen LogP contribution in [0.3, 0.4) is 0 Å². The lowest BCUT2D eigenvalue weighted by atomic mass is 10.3. The molecule has 1 unspecified atom stereocenters. The van der Waals surface area contributed by atoms with Crippen molar-refractivity contribution in [1.82, 2.24) is 19.6 Å². The molecule has 0 aliphatic carbocycles. The van der Waals surface area contributed by atoms with Gasteiger partial charge in [0.05, 0.1) is 24.1 Å². The maximum atomic E-state index is 12.0. The van der Waals surface area contributed by atoms with E-state index in [2.05, 4.69) is 36.3 Å². The van der Waals surface area contributed by atoms with E-state index in [9.17, 15) is 4.79 Å². The zero-order valence-electron chi connectivity index (χ0n) is 12.9. The number of hydrogen-bond acceptors (Lipinski definition) is 4. The number of hydrogen-bond donors (Lipinski definition) is 1. The van der Waals surface area contributed by atoms with E-state index >= 15 is 0 Å². The molecule has 0 aliphatic rings. The third-order valence-electron chi connectivity index (χ3n) is 3.47. The van der Waals surface area contributed by atoms with Crippen molar-refractivity contribution in [1.29, 1.82) is 0 Å². The lowest BCUT2D eigenvalue weighted by molar-refractivity contribution is 0.470. The van der Waals surface area contributed by atoms with E-state index in [-0.39, 0.29) is 5.56 Å². The molecule has 0 fully saturated rings. The van der Waals surface area contributed by atoms with Crippen molar-refractivity contribution in [2.75, 3.05) is 11.9 Å². The van der Waals surface area contributed by atoms with Crippen LogP contribution < -0.4 is 10.9 Å². The van der Waals surface area contributed by atoms with Crippen LogP contribution in [-0.4, -0.2) is 26.1 Å². The zero-order valence-corrected chi connectivity index (χ0v) is 12.9. The average Bonchev–Trinajstić information content (AvgIpc) is 2.95. The summed E-state index contributed by atoms with van der Waals surface area (Å²) >= 11 is 0. The molecule has 1 atom stereocenters. The Morgan fingerprint density at radius 2 is 2.19 bits per heavy atom. The smallest absolute Gasteiger partial charge is 0.269 e. The zero-order chi connectivity index (χ0) is 15.2. The number of aromatic nitrogens is 4. The fourth-order valence-electron chi connectivity index (χ4n) is 1.97. The van der Waals surface area contributed by atoms with Gasteiger partial charge in [-0.05, 0) is 25.8 Å². The van der Waals surface area contributed by atoms with Crippen LogP contribution in [0.2, 0.25) is 0 Å². The SMILES string of the molecule is CCCNc1cnn(Cc2ccn(C(C)CC)n2)c(=O)c1. The van der Waals surface area contributed by atoms with Gasteiger partial charge in [0, 0.05) is 24.8 Å². The topological polar surface area (TPSA) is 64.7 Å². The highest BCUT2D eigenvalue weighted by atomic mass is 16.1. The molecule has 0 saturated carbocycles. The summed E-state index contributed by atoms with van der Waals surface area (Å²) in [5, 5.41) is 11.8. The van der Waals surface area contributed by atoms with Gasteiger partial charge in [-0.3, -0.25) is 9.48 Å². The van der Waals surface area contributed by atoms with E-state index in [1.165, 1.54) is 4.68 Å². The molecule has 0 bridgehead atoms. The predicted molar refractivity (Wildman–Crippen MR) is 83.6 cm³/mol. The van der Waals surface area contributed by atoms with Crippen molar-refractivity contribution < 1.29 is 0 Å². The molecule has 1 N–H and O–H groups in total. The molecule has 0 saturated heterocycles. The Morgan fingerprint density at radius 1 is 1.38 bits per heavy atom. The fourth-order valence-corrected chi connectivity index (χ4v) is 1.97. The number of anilines is 1. The summed E-state index contributed by atoms with van der Waals surface area (Å²) in [7, 11) is 0. The van der Waals surface area contributed by atoms with Crippen molar-refractivity contribution in [3.63, 3.8) is 0 Å². The summed E-state index contributed by atoms with van der Waals surface area (Å²) in [6.07, 6.45) is 5.67. The second kappa shape index (κ2) is 7.06. The van der Waals surface area contributed by atoms with Crippen LogP contribution in [0.5, 0.6) is 0 Å². The summed E-state index contributed by atoms with van der Waals surface area (Å²) in [5.74, 6) is 0. The summed E-state index contributed by atoms with van der Waals surface area (Å²) < 4.78 is 3.36. The Kier molecular flexibility index (Phi) is 5.14. The molecule has 2 aromatic heterocycles. The first kappa shape index (κ1) is 15.3. The molecule has 0 spiro atoms. The standard InChI is InChI=1S/C15H23N5O/c1-4-7-16-14-9-15(21)20(17-10-14)11-13-6-8-19(18-13)12(3)5-2/h6,8-10,12,16H,4-5,7,11H2,1-3H3. The fraction of sp³-hybridized carbons (Fsp3) is 0.533. The summed E-state index contributed by atoms with van der Waals surface area (Å²) in [6, 6.07) is 3.88. The third-order valence-corrected chi connectivity index (χ3v) is 3.47. The van der Waals surface area contributed by atoms with Crippen molar-refractivity contribution in [2.24, 2.45) is 0 Å². The maximum Gasteiger partial charge on any atom is 0.269 e. The van der Waals surface area contributed by atoms with E-state index < -0.39 is 0 Å². The monoisotopic (exact) mass is 289 g/mol. The van der Waals surface area contributed by atoms with E-state index in [1.54, 1.807) is 12.3 Å². The van der Waals surface area contributed by atoms with Gasteiger partial charge in [0.25, 0.3) is 5.56 Å². The van der Waals surface area contributed by atoms with Gasteiger partial charge in [-0.25, -0.2) is 4.68 Å². The lowest BCUT2D eigenvalue weighted by Crippen LogP contribution is -2.23. The summed E-state index contributed by atoms with van der Waals surface area (Å²) in [4.78, 5) is 12.0. The molecule has 0 amide bonds. The Hall–Kier alpha value is -2.11. The molecule has 2 heterocycles. The molecule has 114 valence electrons. The molecule has 6 heteroatoms. The molecular formula is C15H23N5O. The normalized spacial score (nSPS) is 12.3. The predicted octanol–water partition coefficient (Wildman–Crippen LogP) is 2.28. The average molecular weight is 289 g/mol. The van der Waals surface area contributed by atoms with Crippen molar-refractivity contribution >= 4 is 5.69 Å². The van der Waals surface area contributed by atoms with Crippen LogP contribution >= 0.6 is 0 Å². The maximum absolute atomic E-state index is 12.0. The summed E-state index contributed by atoms with van der Waals surface area (Å²) in [5.41, 5.74) is 1.50. The van der Waals surface area contributed by atoms with Gasteiger partial charge in [0.15, 0.2) is 0 Å². The quantitative estimate of drug-likeness (QED) is 0.849. The third kappa shape index (κ3) is 3.93. The van der Waals surface area contributed by atoms with Crippen molar-refractivity contribution in [3.8, 4) is 0 Å². The van der Waals surface area contributed by atoms with Gasteiger partial charge < -0.3 is 5.32 Å². The van der Waals surface area contributed by atoms with Crippen LogP contribution in [0.25, 0.3) is 0 Å². The molecule has 21 heavy (non-hydrogen) atoms. The number of nitrogens with zero attached hydrogens (tertiary/aromatic N) is 4. The highest BCUT2D eigenvalue weighted by Crippen LogP contribution is 2.09. The van der Waals surface area contributed by atoms with E-state index in [0.29, 0.717) is 12.6 Å². The van der Waals surface area contributed by atoms with Crippen LogP contribution in [-0.2, 0) is 6.54 Å². The molecular weight excluding hydrogens is 266 g/mol. The molecule has 0 radical (unpaired) electrons. The van der Waals surface area contributed by atoms with Crippen LogP contribution in [0, 0.1) is 0 Å². The van der Waals surface area contributed by atoms with Gasteiger partial charge >= 0.3 is 0 Å². The Labute approximate surface area is 124 Å². The number of nitrogens with one attached hydrogen (secondary N) is 1.